The highest BCUT2D eigenvalue weighted by Crippen LogP contribution is 2.32. The number of rotatable bonds is 4. The van der Waals surface area contributed by atoms with Crippen LogP contribution in [-0.4, -0.2) is 11.9 Å². The number of nitrogens with one attached hydrogen (secondary N) is 2. The molecule has 1 atom stereocenters. The lowest BCUT2D eigenvalue weighted by Crippen LogP contribution is -2.36. The minimum absolute atomic E-state index is 0.0282. The van der Waals surface area contributed by atoms with Crippen LogP contribution >= 0.6 is 23.8 Å². The molecule has 0 fully saturated rings. The fourth-order valence-corrected chi connectivity index (χ4v) is 2.93. The summed E-state index contributed by atoms with van der Waals surface area (Å²) in [5, 5.41) is 7.74. The lowest BCUT2D eigenvalue weighted by molar-refractivity contribution is 0.174. The normalized spacial score (nSPS) is 13.5. The van der Waals surface area contributed by atoms with Gasteiger partial charge in [0, 0.05) is 11.6 Å². The Hall–Kier alpha value is -1.98. The van der Waals surface area contributed by atoms with Gasteiger partial charge < -0.3 is 20.1 Å². The smallest absolute Gasteiger partial charge is 0.231 e. The van der Waals surface area contributed by atoms with E-state index in [4.69, 9.17) is 33.3 Å². The van der Waals surface area contributed by atoms with E-state index in [2.05, 4.69) is 10.6 Å². The molecule has 2 aromatic carbocycles. The molecule has 0 saturated heterocycles. The van der Waals surface area contributed by atoms with E-state index >= 15 is 0 Å². The molecule has 1 heterocycles. The first-order valence-electron chi connectivity index (χ1n) is 7.31. The lowest BCUT2D eigenvalue weighted by atomic mass is 10.1. The van der Waals surface area contributed by atoms with Gasteiger partial charge in [-0.1, -0.05) is 35.9 Å². The highest BCUT2D eigenvalue weighted by molar-refractivity contribution is 7.80. The van der Waals surface area contributed by atoms with Crippen molar-refractivity contribution in [3.8, 4) is 11.5 Å². The first-order chi connectivity index (χ1) is 11.1. The molecule has 1 aliphatic rings. The van der Waals surface area contributed by atoms with Crippen LogP contribution in [0.4, 0.5) is 0 Å². The van der Waals surface area contributed by atoms with Gasteiger partial charge in [0.1, 0.15) is 0 Å². The summed E-state index contributed by atoms with van der Waals surface area (Å²) in [7, 11) is 0. The summed E-state index contributed by atoms with van der Waals surface area (Å²) in [4.78, 5) is 0. The van der Waals surface area contributed by atoms with Crippen molar-refractivity contribution >= 4 is 28.9 Å². The SMILES string of the molecule is C[C@H](NC(=S)NCc1ccc2c(c1)OCO2)c1ccccc1Cl. The predicted octanol–water partition coefficient (Wildman–Crippen LogP) is 3.79. The first kappa shape index (κ1) is 15.9. The van der Waals surface area contributed by atoms with Crippen LogP contribution in [0.25, 0.3) is 0 Å². The maximum atomic E-state index is 6.20. The molecule has 0 saturated carbocycles. The summed E-state index contributed by atoms with van der Waals surface area (Å²) in [6.07, 6.45) is 0. The monoisotopic (exact) mass is 348 g/mol. The highest BCUT2D eigenvalue weighted by atomic mass is 35.5. The van der Waals surface area contributed by atoms with E-state index in [0.29, 0.717) is 11.7 Å². The summed E-state index contributed by atoms with van der Waals surface area (Å²) >= 11 is 11.6. The summed E-state index contributed by atoms with van der Waals surface area (Å²) in [6.45, 7) is 2.91. The highest BCUT2D eigenvalue weighted by Gasteiger charge is 2.14. The average molecular weight is 349 g/mol. The fraction of sp³-hybridized carbons (Fsp3) is 0.235. The molecule has 4 nitrogen and oxygen atoms in total. The second-order valence-electron chi connectivity index (χ2n) is 5.26. The number of fused-ring (bicyclic) bond motifs is 1. The van der Waals surface area contributed by atoms with Gasteiger partial charge in [0.2, 0.25) is 6.79 Å². The van der Waals surface area contributed by atoms with Crippen LogP contribution in [-0.2, 0) is 6.54 Å². The molecule has 0 radical (unpaired) electrons. The minimum atomic E-state index is 0.0282. The van der Waals surface area contributed by atoms with Gasteiger partial charge in [-0.15, -0.1) is 0 Å². The van der Waals surface area contributed by atoms with E-state index in [1.54, 1.807) is 0 Å². The Kier molecular flexibility index (Phi) is 4.88. The third-order valence-corrected chi connectivity index (χ3v) is 4.22. The Morgan fingerprint density at radius 2 is 2.00 bits per heavy atom. The van der Waals surface area contributed by atoms with E-state index in [0.717, 1.165) is 27.6 Å². The Bertz CT molecular complexity index is 723. The number of ether oxygens (including phenoxy) is 2. The lowest BCUT2D eigenvalue weighted by Gasteiger charge is -2.18. The van der Waals surface area contributed by atoms with Gasteiger partial charge >= 0.3 is 0 Å². The molecule has 1 aliphatic heterocycles. The van der Waals surface area contributed by atoms with Crippen molar-refractivity contribution < 1.29 is 9.47 Å². The fourth-order valence-electron chi connectivity index (χ4n) is 2.38. The number of benzene rings is 2. The van der Waals surface area contributed by atoms with Crippen LogP contribution in [0, 0.1) is 0 Å². The molecular weight excluding hydrogens is 332 g/mol. The second-order valence-corrected chi connectivity index (χ2v) is 6.07. The van der Waals surface area contributed by atoms with Gasteiger partial charge in [-0.3, -0.25) is 0 Å². The van der Waals surface area contributed by atoms with Crippen molar-refractivity contribution in [3.63, 3.8) is 0 Å². The van der Waals surface area contributed by atoms with Crippen LogP contribution in [0.3, 0.4) is 0 Å². The van der Waals surface area contributed by atoms with Gasteiger partial charge in [-0.2, -0.15) is 0 Å². The van der Waals surface area contributed by atoms with Gasteiger partial charge in [0.05, 0.1) is 6.04 Å². The zero-order valence-corrected chi connectivity index (χ0v) is 14.2. The quantitative estimate of drug-likeness (QED) is 0.823. The topological polar surface area (TPSA) is 42.5 Å². The maximum absolute atomic E-state index is 6.20. The first-order valence-corrected chi connectivity index (χ1v) is 8.09. The zero-order valence-electron chi connectivity index (χ0n) is 12.6. The molecule has 2 N–H and O–H groups in total. The van der Waals surface area contributed by atoms with Crippen molar-refractivity contribution in [2.45, 2.75) is 19.5 Å². The third-order valence-electron chi connectivity index (χ3n) is 3.61. The number of halogens is 1. The zero-order chi connectivity index (χ0) is 16.2. The second kappa shape index (κ2) is 7.06. The number of hydrogen-bond acceptors (Lipinski definition) is 3. The molecule has 0 aliphatic carbocycles. The van der Waals surface area contributed by atoms with Crippen molar-refractivity contribution in [2.75, 3.05) is 6.79 Å². The van der Waals surface area contributed by atoms with Crippen LogP contribution in [0.15, 0.2) is 42.5 Å². The van der Waals surface area contributed by atoms with Gasteiger partial charge in [0.25, 0.3) is 0 Å². The Morgan fingerprint density at radius 3 is 2.83 bits per heavy atom. The van der Waals surface area contributed by atoms with E-state index in [1.807, 2.05) is 49.4 Å². The van der Waals surface area contributed by atoms with Crippen LogP contribution in [0.5, 0.6) is 11.5 Å². The van der Waals surface area contributed by atoms with E-state index in [1.165, 1.54) is 0 Å². The summed E-state index contributed by atoms with van der Waals surface area (Å²) < 4.78 is 10.7. The largest absolute Gasteiger partial charge is 0.454 e. The molecule has 3 rings (SSSR count). The molecule has 0 amide bonds. The van der Waals surface area contributed by atoms with Crippen LogP contribution in [0.1, 0.15) is 24.1 Å². The van der Waals surface area contributed by atoms with Crippen molar-refractivity contribution in [1.82, 2.24) is 10.6 Å². The Balaban J connectivity index is 1.54. The molecule has 120 valence electrons. The van der Waals surface area contributed by atoms with E-state index in [9.17, 15) is 0 Å². The summed E-state index contributed by atoms with van der Waals surface area (Å²) in [6, 6.07) is 13.6. The predicted molar refractivity (Wildman–Crippen MR) is 95.0 cm³/mol. The van der Waals surface area contributed by atoms with Crippen LogP contribution in [0.2, 0.25) is 5.02 Å². The van der Waals surface area contributed by atoms with Gasteiger partial charge in [-0.25, -0.2) is 0 Å². The standard InChI is InChI=1S/C17H17ClN2O2S/c1-11(13-4-2-3-5-14(13)18)20-17(23)19-9-12-6-7-15-16(8-12)22-10-21-15/h2-8,11H,9-10H2,1H3,(H2,19,20,23)/t11-/m0/s1. The number of hydrogen-bond donors (Lipinski definition) is 2. The van der Waals surface area contributed by atoms with Crippen LogP contribution < -0.4 is 20.1 Å². The van der Waals surface area contributed by atoms with Crippen molar-refractivity contribution in [3.05, 3.63) is 58.6 Å². The summed E-state index contributed by atoms with van der Waals surface area (Å²) in [5.74, 6) is 1.55. The molecular formula is C17H17ClN2O2S. The third kappa shape index (κ3) is 3.86. The molecule has 6 heteroatoms. The number of thiocarbonyl (C=S) groups is 1. The summed E-state index contributed by atoms with van der Waals surface area (Å²) in [5.41, 5.74) is 2.09. The Labute approximate surface area is 145 Å². The molecule has 23 heavy (non-hydrogen) atoms. The van der Waals surface area contributed by atoms with Crippen molar-refractivity contribution in [1.29, 1.82) is 0 Å². The average Bonchev–Trinajstić information content (AvgIpc) is 3.01. The molecule has 0 bridgehead atoms. The van der Waals surface area contributed by atoms with Gasteiger partial charge in [-0.05, 0) is 48.5 Å². The van der Waals surface area contributed by atoms with E-state index < -0.39 is 0 Å². The molecule has 2 aromatic rings. The van der Waals surface area contributed by atoms with Crippen molar-refractivity contribution in [2.24, 2.45) is 0 Å². The molecule has 0 unspecified atom stereocenters. The molecule has 0 spiro atoms. The Morgan fingerprint density at radius 1 is 1.22 bits per heavy atom. The van der Waals surface area contributed by atoms with Gasteiger partial charge in [0.15, 0.2) is 16.6 Å². The minimum Gasteiger partial charge on any atom is -0.454 e. The van der Waals surface area contributed by atoms with E-state index in [-0.39, 0.29) is 12.8 Å². The molecule has 0 aromatic heterocycles. The maximum Gasteiger partial charge on any atom is 0.231 e.